The van der Waals surface area contributed by atoms with Crippen LogP contribution in [0.5, 0.6) is 0 Å². The van der Waals surface area contributed by atoms with Crippen molar-refractivity contribution in [2.75, 3.05) is 5.32 Å². The van der Waals surface area contributed by atoms with Crippen molar-refractivity contribution < 1.29 is 4.42 Å². The van der Waals surface area contributed by atoms with Crippen molar-refractivity contribution in [1.82, 2.24) is 25.4 Å². The van der Waals surface area contributed by atoms with Crippen LogP contribution in [0.1, 0.15) is 11.5 Å². The molecule has 0 aliphatic rings. The first kappa shape index (κ1) is 14.3. The molecule has 0 radical (unpaired) electrons. The van der Waals surface area contributed by atoms with Crippen molar-refractivity contribution in [3.05, 3.63) is 60.2 Å². The Morgan fingerprint density at radius 1 is 0.917 bits per heavy atom. The predicted octanol–water partition coefficient (Wildman–Crippen LogP) is 3.00. The highest BCUT2D eigenvalue weighted by atomic mass is 16.4. The number of aryl methyl sites for hydroxylation is 1. The van der Waals surface area contributed by atoms with Crippen LogP contribution in [-0.4, -0.2) is 25.4 Å². The van der Waals surface area contributed by atoms with E-state index in [2.05, 4.69) is 30.7 Å². The highest BCUT2D eigenvalue weighted by Crippen LogP contribution is 2.29. The molecule has 3 heterocycles. The Hall–Kier alpha value is -3.35. The minimum atomic E-state index is 0.372. The maximum absolute atomic E-state index is 5.49. The van der Waals surface area contributed by atoms with E-state index in [1.165, 1.54) is 0 Å². The second-order valence-corrected chi connectivity index (χ2v) is 5.28. The molecular weight excluding hydrogens is 304 g/mol. The van der Waals surface area contributed by atoms with Gasteiger partial charge in [-0.2, -0.15) is 0 Å². The fraction of sp³-hybridized carbons (Fsp3) is 0.118. The average molecular weight is 318 g/mol. The van der Waals surface area contributed by atoms with E-state index in [1.807, 2.05) is 36.4 Å². The van der Waals surface area contributed by atoms with Crippen molar-refractivity contribution in [3.8, 4) is 11.6 Å². The zero-order chi connectivity index (χ0) is 16.4. The molecule has 0 atom stereocenters. The molecule has 0 spiro atoms. The van der Waals surface area contributed by atoms with Crippen molar-refractivity contribution in [2.45, 2.75) is 13.5 Å². The Morgan fingerprint density at radius 3 is 2.46 bits per heavy atom. The third-order valence-electron chi connectivity index (χ3n) is 3.63. The minimum Gasteiger partial charge on any atom is -0.420 e. The lowest BCUT2D eigenvalue weighted by molar-refractivity contribution is 0.531. The summed E-state index contributed by atoms with van der Waals surface area (Å²) in [6.07, 6.45) is 3.53. The molecule has 4 rings (SSSR count). The lowest BCUT2D eigenvalue weighted by Gasteiger charge is -2.09. The monoisotopic (exact) mass is 318 g/mol. The summed E-state index contributed by atoms with van der Waals surface area (Å²) in [5.41, 5.74) is 1.70. The van der Waals surface area contributed by atoms with Gasteiger partial charge in [-0.05, 0) is 17.7 Å². The summed E-state index contributed by atoms with van der Waals surface area (Å²) < 4.78 is 5.49. The van der Waals surface area contributed by atoms with Gasteiger partial charge < -0.3 is 9.73 Å². The number of aromatic nitrogens is 5. The van der Waals surface area contributed by atoms with Crippen molar-refractivity contribution in [3.63, 3.8) is 0 Å². The summed E-state index contributed by atoms with van der Waals surface area (Å²) >= 11 is 0. The van der Waals surface area contributed by atoms with Crippen LogP contribution in [-0.2, 0) is 6.54 Å². The van der Waals surface area contributed by atoms with E-state index < -0.39 is 0 Å². The van der Waals surface area contributed by atoms with Gasteiger partial charge in [-0.25, -0.2) is 0 Å². The molecule has 0 bridgehead atoms. The predicted molar refractivity (Wildman–Crippen MR) is 89.1 cm³/mol. The van der Waals surface area contributed by atoms with Crippen LogP contribution in [0.25, 0.3) is 22.4 Å². The van der Waals surface area contributed by atoms with Gasteiger partial charge in [0.15, 0.2) is 11.5 Å². The first-order valence-electron chi connectivity index (χ1n) is 7.50. The Morgan fingerprint density at radius 2 is 1.71 bits per heavy atom. The quantitative estimate of drug-likeness (QED) is 0.618. The molecule has 7 heteroatoms. The van der Waals surface area contributed by atoms with E-state index in [0.29, 0.717) is 29.8 Å². The Bertz CT molecular complexity index is 983. The van der Waals surface area contributed by atoms with Crippen LogP contribution < -0.4 is 5.32 Å². The topological polar surface area (TPSA) is 89.6 Å². The van der Waals surface area contributed by atoms with E-state index >= 15 is 0 Å². The molecule has 3 aromatic heterocycles. The summed E-state index contributed by atoms with van der Waals surface area (Å²) in [5, 5.41) is 21.7. The second kappa shape index (κ2) is 6.04. The average Bonchev–Trinajstić information content (AvgIpc) is 3.06. The SMILES string of the molecule is Cc1nnc(-c2nnc(NCc3ccncc3)c3ccccc23)o1. The number of hydrogen-bond donors (Lipinski definition) is 1. The standard InChI is InChI=1S/C17H14N6O/c1-11-20-23-17(24-11)15-13-4-2-3-5-14(13)16(22-21-15)19-10-12-6-8-18-9-7-12/h2-9H,10H2,1H3,(H,19,22). The minimum absolute atomic E-state index is 0.372. The summed E-state index contributed by atoms with van der Waals surface area (Å²) in [4.78, 5) is 4.02. The van der Waals surface area contributed by atoms with Gasteiger partial charge in [-0.1, -0.05) is 24.3 Å². The first-order valence-corrected chi connectivity index (χ1v) is 7.50. The Labute approximate surface area is 137 Å². The number of nitrogens with one attached hydrogen (secondary N) is 1. The van der Waals surface area contributed by atoms with E-state index in [0.717, 1.165) is 16.3 Å². The second-order valence-electron chi connectivity index (χ2n) is 5.28. The molecule has 24 heavy (non-hydrogen) atoms. The summed E-state index contributed by atoms with van der Waals surface area (Å²) in [7, 11) is 0. The molecule has 7 nitrogen and oxygen atoms in total. The largest absolute Gasteiger partial charge is 0.420 e. The molecule has 0 saturated heterocycles. The molecule has 118 valence electrons. The van der Waals surface area contributed by atoms with Crippen LogP contribution in [0.3, 0.4) is 0 Å². The van der Waals surface area contributed by atoms with Gasteiger partial charge in [0.1, 0.15) is 0 Å². The normalized spacial score (nSPS) is 10.9. The molecule has 0 amide bonds. The summed E-state index contributed by atoms with van der Waals surface area (Å²) in [5.74, 6) is 1.58. The van der Waals surface area contributed by atoms with Crippen molar-refractivity contribution in [2.24, 2.45) is 0 Å². The molecule has 1 aromatic carbocycles. The van der Waals surface area contributed by atoms with Crippen LogP contribution in [0.2, 0.25) is 0 Å². The number of hydrogen-bond acceptors (Lipinski definition) is 7. The van der Waals surface area contributed by atoms with Gasteiger partial charge >= 0.3 is 0 Å². The highest BCUT2D eigenvalue weighted by molar-refractivity contribution is 5.98. The van der Waals surface area contributed by atoms with E-state index in [4.69, 9.17) is 4.42 Å². The molecule has 4 aromatic rings. The smallest absolute Gasteiger partial charge is 0.268 e. The van der Waals surface area contributed by atoms with Crippen LogP contribution >= 0.6 is 0 Å². The highest BCUT2D eigenvalue weighted by Gasteiger charge is 2.15. The first-order chi connectivity index (χ1) is 11.8. The molecule has 1 N–H and O–H groups in total. The molecule has 0 saturated carbocycles. The van der Waals surface area contributed by atoms with E-state index in [1.54, 1.807) is 19.3 Å². The maximum atomic E-state index is 5.49. The lowest BCUT2D eigenvalue weighted by Crippen LogP contribution is -2.04. The van der Waals surface area contributed by atoms with Gasteiger partial charge in [0.05, 0.1) is 0 Å². The Kier molecular flexibility index (Phi) is 3.59. The third kappa shape index (κ3) is 2.67. The molecule has 0 aliphatic heterocycles. The van der Waals surface area contributed by atoms with E-state index in [-0.39, 0.29) is 0 Å². The summed E-state index contributed by atoms with van der Waals surface area (Å²) in [6, 6.07) is 11.8. The van der Waals surface area contributed by atoms with E-state index in [9.17, 15) is 0 Å². The van der Waals surface area contributed by atoms with Crippen LogP contribution in [0.15, 0.2) is 53.2 Å². The molecular formula is C17H14N6O. The fourth-order valence-electron chi connectivity index (χ4n) is 2.47. The third-order valence-corrected chi connectivity index (χ3v) is 3.63. The molecule has 0 fully saturated rings. The zero-order valence-corrected chi connectivity index (χ0v) is 13.0. The number of rotatable bonds is 4. The van der Waals surface area contributed by atoms with Gasteiger partial charge in [0, 0.05) is 36.6 Å². The maximum Gasteiger partial charge on any atom is 0.268 e. The number of benzene rings is 1. The van der Waals surface area contributed by atoms with Crippen molar-refractivity contribution in [1.29, 1.82) is 0 Å². The molecule has 0 aliphatic carbocycles. The number of anilines is 1. The number of nitrogens with zero attached hydrogens (tertiary/aromatic N) is 5. The van der Waals surface area contributed by atoms with Gasteiger partial charge in [0.25, 0.3) is 5.89 Å². The fourth-order valence-corrected chi connectivity index (χ4v) is 2.47. The lowest BCUT2D eigenvalue weighted by atomic mass is 10.1. The van der Waals surface area contributed by atoms with Gasteiger partial charge in [-0.3, -0.25) is 4.98 Å². The Balaban J connectivity index is 1.73. The van der Waals surface area contributed by atoms with Crippen LogP contribution in [0.4, 0.5) is 5.82 Å². The van der Waals surface area contributed by atoms with Gasteiger partial charge in [-0.15, -0.1) is 20.4 Å². The van der Waals surface area contributed by atoms with Gasteiger partial charge in [0.2, 0.25) is 5.89 Å². The molecule has 0 unspecified atom stereocenters. The number of fused-ring (bicyclic) bond motifs is 1. The van der Waals surface area contributed by atoms with Crippen molar-refractivity contribution >= 4 is 16.6 Å². The number of pyridine rings is 1. The van der Waals surface area contributed by atoms with Crippen LogP contribution in [0, 0.1) is 6.92 Å². The summed E-state index contributed by atoms with van der Waals surface area (Å²) in [6.45, 7) is 2.39. The zero-order valence-electron chi connectivity index (χ0n) is 13.0.